The zero-order chi connectivity index (χ0) is 39.6. The van der Waals surface area contributed by atoms with Crippen LogP contribution >= 0.6 is 0 Å². The van der Waals surface area contributed by atoms with Gasteiger partial charge in [0.2, 0.25) is 0 Å². The van der Waals surface area contributed by atoms with Crippen LogP contribution in [-0.2, 0) is 0 Å². The maximum Gasteiger partial charge on any atom is 0.160 e. The van der Waals surface area contributed by atoms with Crippen LogP contribution in [0.25, 0.3) is 111 Å². The van der Waals surface area contributed by atoms with Crippen LogP contribution in [0, 0.1) is 0 Å². The molecule has 0 amide bonds. The topological polar surface area (TPSA) is 35.6 Å². The third kappa shape index (κ3) is 5.46. The molecule has 0 aliphatic carbocycles. The van der Waals surface area contributed by atoms with Crippen molar-refractivity contribution in [3.05, 3.63) is 218 Å². The Labute approximate surface area is 346 Å². The van der Waals surface area contributed by atoms with Crippen LogP contribution in [0.5, 0.6) is 0 Å². The van der Waals surface area contributed by atoms with E-state index >= 15 is 0 Å². The van der Waals surface area contributed by atoms with Crippen LogP contribution in [0.1, 0.15) is 0 Å². The molecule has 0 saturated heterocycles. The van der Waals surface area contributed by atoms with E-state index in [-0.39, 0.29) is 0 Å². The molecule has 12 aromatic rings. The number of hydrogen-bond acceptors (Lipinski definition) is 2. The predicted molar refractivity (Wildman–Crippen MR) is 250 cm³/mol. The van der Waals surface area contributed by atoms with Crippen LogP contribution in [0.15, 0.2) is 218 Å². The van der Waals surface area contributed by atoms with Gasteiger partial charge in [0.05, 0.1) is 33.5 Å². The largest absolute Gasteiger partial charge is 0.309 e. The van der Waals surface area contributed by atoms with E-state index in [9.17, 15) is 0 Å². The molecular weight excluding hydrogens is 729 g/mol. The molecule has 3 heterocycles. The molecule has 280 valence electrons. The first-order valence-electron chi connectivity index (χ1n) is 20.4. The molecule has 0 aliphatic heterocycles. The molecule has 0 fully saturated rings. The van der Waals surface area contributed by atoms with Crippen molar-refractivity contribution in [2.45, 2.75) is 0 Å². The highest BCUT2D eigenvalue weighted by Gasteiger charge is 2.22. The van der Waals surface area contributed by atoms with E-state index in [0.29, 0.717) is 5.82 Å². The fraction of sp³-hybridized carbons (Fsp3) is 0. The van der Waals surface area contributed by atoms with Gasteiger partial charge >= 0.3 is 0 Å². The summed E-state index contributed by atoms with van der Waals surface area (Å²) in [7, 11) is 0. The summed E-state index contributed by atoms with van der Waals surface area (Å²) in [4.78, 5) is 10.6. The van der Waals surface area contributed by atoms with Crippen LogP contribution in [-0.4, -0.2) is 19.1 Å². The van der Waals surface area contributed by atoms with Gasteiger partial charge in [-0.05, 0) is 82.6 Å². The van der Waals surface area contributed by atoms with Gasteiger partial charge in [-0.15, -0.1) is 0 Å². The minimum Gasteiger partial charge on any atom is -0.309 e. The Hall–Kier alpha value is -8.08. The molecular formula is C56H36N4. The van der Waals surface area contributed by atoms with Crippen molar-refractivity contribution in [1.82, 2.24) is 19.1 Å². The van der Waals surface area contributed by atoms with Crippen LogP contribution in [0.2, 0.25) is 0 Å². The first-order chi connectivity index (χ1) is 29.8. The lowest BCUT2D eigenvalue weighted by Crippen LogP contribution is -1.99. The number of rotatable bonds is 6. The van der Waals surface area contributed by atoms with Gasteiger partial charge in [0.25, 0.3) is 0 Å². The molecule has 0 radical (unpaired) electrons. The first kappa shape index (κ1) is 34.0. The van der Waals surface area contributed by atoms with Gasteiger partial charge in [-0.25, -0.2) is 9.97 Å². The van der Waals surface area contributed by atoms with E-state index in [2.05, 4.69) is 209 Å². The minimum atomic E-state index is 0.691. The molecule has 0 N–H and O–H groups in total. The van der Waals surface area contributed by atoms with Crippen molar-refractivity contribution in [2.75, 3.05) is 0 Å². The summed E-state index contributed by atoms with van der Waals surface area (Å²) < 4.78 is 4.84. The van der Waals surface area contributed by atoms with Gasteiger partial charge in [-0.2, -0.15) is 0 Å². The van der Waals surface area contributed by atoms with Crippen molar-refractivity contribution in [3.63, 3.8) is 0 Å². The van der Waals surface area contributed by atoms with Gasteiger partial charge in [-0.3, -0.25) is 0 Å². The first-order valence-corrected chi connectivity index (χ1v) is 20.4. The van der Waals surface area contributed by atoms with Crippen molar-refractivity contribution >= 4 is 54.4 Å². The highest BCUT2D eigenvalue weighted by atomic mass is 15.0. The van der Waals surface area contributed by atoms with Crippen LogP contribution in [0.4, 0.5) is 0 Å². The molecule has 0 unspecified atom stereocenters. The highest BCUT2D eigenvalue weighted by Crippen LogP contribution is 2.43. The van der Waals surface area contributed by atoms with E-state index < -0.39 is 0 Å². The summed E-state index contributed by atoms with van der Waals surface area (Å²) in [6.07, 6.45) is 0. The van der Waals surface area contributed by atoms with E-state index in [1.54, 1.807) is 0 Å². The third-order valence-electron chi connectivity index (χ3n) is 11.9. The van der Waals surface area contributed by atoms with Crippen molar-refractivity contribution < 1.29 is 0 Å². The number of aromatic nitrogens is 4. The van der Waals surface area contributed by atoms with Crippen LogP contribution in [0.3, 0.4) is 0 Å². The van der Waals surface area contributed by atoms with Gasteiger partial charge in [0.1, 0.15) is 0 Å². The molecule has 0 saturated carbocycles. The third-order valence-corrected chi connectivity index (χ3v) is 11.9. The maximum absolute atomic E-state index is 5.36. The number of nitrogens with zero attached hydrogens (tertiary/aromatic N) is 4. The number of para-hydroxylation sites is 3. The molecule has 3 aromatic heterocycles. The summed E-state index contributed by atoms with van der Waals surface area (Å²) >= 11 is 0. The van der Waals surface area contributed by atoms with E-state index in [4.69, 9.17) is 9.97 Å². The second-order valence-electron chi connectivity index (χ2n) is 15.4. The maximum atomic E-state index is 5.36. The Morgan fingerprint density at radius 1 is 0.300 bits per heavy atom. The average Bonchev–Trinajstić information content (AvgIpc) is 3.85. The summed E-state index contributed by atoms with van der Waals surface area (Å²) in [5.74, 6) is 0.691. The molecule has 12 rings (SSSR count). The zero-order valence-electron chi connectivity index (χ0n) is 32.6. The lowest BCUT2D eigenvalue weighted by atomic mass is 9.98. The van der Waals surface area contributed by atoms with E-state index in [1.165, 1.54) is 38.1 Å². The number of benzene rings is 9. The summed E-state index contributed by atoms with van der Waals surface area (Å²) in [6.45, 7) is 0. The van der Waals surface area contributed by atoms with Gasteiger partial charge in [0.15, 0.2) is 5.82 Å². The van der Waals surface area contributed by atoms with Gasteiger partial charge in [-0.1, -0.05) is 158 Å². The van der Waals surface area contributed by atoms with E-state index in [0.717, 1.165) is 66.8 Å². The Morgan fingerprint density at radius 3 is 1.50 bits per heavy atom. The monoisotopic (exact) mass is 764 g/mol. The molecule has 4 nitrogen and oxygen atoms in total. The smallest absolute Gasteiger partial charge is 0.160 e. The fourth-order valence-corrected chi connectivity index (χ4v) is 9.23. The molecule has 0 spiro atoms. The summed E-state index contributed by atoms with van der Waals surface area (Å²) in [6, 6.07) is 77.9. The molecule has 4 heteroatoms. The zero-order valence-corrected chi connectivity index (χ0v) is 32.6. The molecule has 0 bridgehead atoms. The Morgan fingerprint density at radius 2 is 0.817 bits per heavy atom. The van der Waals surface area contributed by atoms with Crippen molar-refractivity contribution in [3.8, 4) is 56.4 Å². The second kappa shape index (κ2) is 13.8. The standard InChI is InChI=1S/C56H36N4/c1-4-17-37(18-5-1)39-22-16-23-41(33-39)48-36-49(58-56(57-48)38-19-6-2-7-20-38)47-35-43(34-40-21-10-11-26-44(40)47)60-51-30-15-13-28-46(51)55-53(60)32-31-52-54(55)45-27-12-14-29-50(45)59(52)42-24-8-3-9-25-42/h1-36H. The lowest BCUT2D eigenvalue weighted by molar-refractivity contribution is 1.17. The molecule has 60 heavy (non-hydrogen) atoms. The van der Waals surface area contributed by atoms with E-state index in [1.807, 2.05) is 18.2 Å². The SMILES string of the molecule is c1ccc(-c2cccc(-c3cc(-c4cc(-n5c6ccccc6c6c7c8ccccc8n(-c8ccccc8)c7ccc65)cc5ccccc45)nc(-c4ccccc4)n3)c2)cc1. The van der Waals surface area contributed by atoms with Gasteiger partial charge < -0.3 is 9.13 Å². The Kier molecular flexibility index (Phi) is 7.82. The average molecular weight is 765 g/mol. The normalized spacial score (nSPS) is 11.7. The van der Waals surface area contributed by atoms with Crippen molar-refractivity contribution in [2.24, 2.45) is 0 Å². The quantitative estimate of drug-likeness (QED) is 0.169. The summed E-state index contributed by atoms with van der Waals surface area (Å²) in [5.41, 5.74) is 14.1. The van der Waals surface area contributed by atoms with Crippen molar-refractivity contribution in [1.29, 1.82) is 0 Å². The number of fused-ring (bicyclic) bond motifs is 8. The number of hydrogen-bond donors (Lipinski definition) is 0. The van der Waals surface area contributed by atoms with Crippen LogP contribution < -0.4 is 0 Å². The van der Waals surface area contributed by atoms with Gasteiger partial charge in [0, 0.05) is 49.6 Å². The minimum absolute atomic E-state index is 0.691. The Balaban J connectivity index is 1.12. The second-order valence-corrected chi connectivity index (χ2v) is 15.4. The lowest BCUT2D eigenvalue weighted by Gasteiger charge is -2.15. The highest BCUT2D eigenvalue weighted by molar-refractivity contribution is 6.29. The molecule has 9 aromatic carbocycles. The Bertz CT molecular complexity index is 3580. The summed E-state index contributed by atoms with van der Waals surface area (Å²) in [5, 5.41) is 7.24. The molecule has 0 aliphatic rings. The fourth-order valence-electron chi connectivity index (χ4n) is 9.23. The molecule has 0 atom stereocenters. The predicted octanol–water partition coefficient (Wildman–Crippen LogP) is 14.5.